The normalized spacial score (nSPS) is 26.3. The van der Waals surface area contributed by atoms with Crippen molar-refractivity contribution in [1.82, 2.24) is 14.8 Å². The zero-order valence-corrected chi connectivity index (χ0v) is 18.8. The van der Waals surface area contributed by atoms with Crippen LogP contribution in [0.2, 0.25) is 0 Å². The van der Waals surface area contributed by atoms with E-state index in [0.29, 0.717) is 18.9 Å². The van der Waals surface area contributed by atoms with Crippen LogP contribution in [0, 0.1) is 0 Å². The van der Waals surface area contributed by atoms with Gasteiger partial charge >= 0.3 is 5.97 Å². The van der Waals surface area contributed by atoms with Crippen LogP contribution in [0.15, 0.2) is 24.5 Å². The Morgan fingerprint density at radius 2 is 1.83 bits per heavy atom. The van der Waals surface area contributed by atoms with Crippen molar-refractivity contribution >= 4 is 11.7 Å². The van der Waals surface area contributed by atoms with Gasteiger partial charge in [0.15, 0.2) is 0 Å². The van der Waals surface area contributed by atoms with Crippen molar-refractivity contribution < 1.29 is 14.6 Å². The third-order valence-electron chi connectivity index (χ3n) is 6.14. The minimum absolute atomic E-state index is 0.106. The average molecular weight is 419 g/mol. The summed E-state index contributed by atoms with van der Waals surface area (Å²) in [6.45, 7) is 11.9. The van der Waals surface area contributed by atoms with E-state index in [1.165, 1.54) is 0 Å². The molecule has 0 bridgehead atoms. The molecule has 1 saturated heterocycles. The smallest absolute Gasteiger partial charge is 0.309 e. The van der Waals surface area contributed by atoms with Gasteiger partial charge in [-0.15, -0.1) is 0 Å². The van der Waals surface area contributed by atoms with E-state index in [4.69, 9.17) is 4.74 Å². The van der Waals surface area contributed by atoms with Crippen molar-refractivity contribution in [3.63, 3.8) is 0 Å². The maximum absolute atomic E-state index is 12.1. The van der Waals surface area contributed by atoms with Crippen molar-refractivity contribution in [1.29, 1.82) is 0 Å². The van der Waals surface area contributed by atoms with Gasteiger partial charge in [0.25, 0.3) is 0 Å². The number of hydrogen-bond donors (Lipinski definition) is 2. The van der Waals surface area contributed by atoms with Gasteiger partial charge in [-0.05, 0) is 58.6 Å². The highest BCUT2D eigenvalue weighted by atomic mass is 16.6. The summed E-state index contributed by atoms with van der Waals surface area (Å²) in [4.78, 5) is 21.2. The van der Waals surface area contributed by atoms with Crippen LogP contribution >= 0.6 is 0 Å². The minimum Gasteiger partial charge on any atom is -0.460 e. The summed E-state index contributed by atoms with van der Waals surface area (Å²) in [7, 11) is 0. The lowest BCUT2D eigenvalue weighted by Gasteiger charge is -2.44. The molecule has 7 nitrogen and oxygen atoms in total. The van der Waals surface area contributed by atoms with Gasteiger partial charge < -0.3 is 15.2 Å². The maximum Gasteiger partial charge on any atom is 0.309 e. The molecule has 1 saturated carbocycles. The Morgan fingerprint density at radius 1 is 1.20 bits per heavy atom. The summed E-state index contributed by atoms with van der Waals surface area (Å²) in [5.74, 6) is -0.294. The molecule has 30 heavy (non-hydrogen) atoms. The van der Waals surface area contributed by atoms with Gasteiger partial charge in [-0.2, -0.15) is 0 Å². The number of aliphatic hydroxyl groups is 1. The molecule has 0 unspecified atom stereocenters. The van der Waals surface area contributed by atoms with E-state index in [1.807, 2.05) is 32.9 Å². The predicted octanol–water partition coefficient (Wildman–Crippen LogP) is 2.52. The molecule has 0 aromatic carbocycles. The largest absolute Gasteiger partial charge is 0.460 e. The Labute approximate surface area is 180 Å². The van der Waals surface area contributed by atoms with Crippen LogP contribution in [0.3, 0.4) is 0 Å². The monoisotopic (exact) mass is 418 g/mol. The molecule has 0 radical (unpaired) electrons. The standard InChI is InChI=1S/C23H38N4O3/c1-22(2,3)30-21(28)18-23(29)8-4-20(5-9-23)27-16-14-26(15-17-27)13-12-25-19-6-10-24-11-7-19/h6-7,10-11,20,29H,4-5,8-9,12-18H2,1-3H3,(H,24,25). The summed E-state index contributed by atoms with van der Waals surface area (Å²) < 4.78 is 5.40. The number of carbonyl (C=O) groups excluding carboxylic acids is 1. The number of hydrogen-bond acceptors (Lipinski definition) is 7. The molecule has 2 fully saturated rings. The zero-order valence-electron chi connectivity index (χ0n) is 18.8. The van der Waals surface area contributed by atoms with Gasteiger partial charge in [0.1, 0.15) is 5.60 Å². The molecule has 2 N–H and O–H groups in total. The molecule has 2 aliphatic rings. The molecular weight excluding hydrogens is 380 g/mol. The van der Waals surface area contributed by atoms with Gasteiger partial charge in [-0.1, -0.05) is 0 Å². The zero-order chi connectivity index (χ0) is 21.6. The number of rotatable bonds is 7. The lowest BCUT2D eigenvalue weighted by molar-refractivity contribution is -0.162. The minimum atomic E-state index is -0.903. The highest BCUT2D eigenvalue weighted by molar-refractivity contribution is 5.71. The first-order valence-electron chi connectivity index (χ1n) is 11.3. The van der Waals surface area contributed by atoms with Gasteiger partial charge in [0.05, 0.1) is 12.0 Å². The first-order chi connectivity index (χ1) is 14.2. The third kappa shape index (κ3) is 7.22. The topological polar surface area (TPSA) is 77.9 Å². The number of nitrogens with zero attached hydrogens (tertiary/aromatic N) is 3. The van der Waals surface area contributed by atoms with Crippen LogP contribution in [-0.4, -0.2) is 82.4 Å². The fourth-order valence-electron chi connectivity index (χ4n) is 4.51. The molecule has 1 aromatic heterocycles. The van der Waals surface area contributed by atoms with Crippen molar-refractivity contribution in [2.45, 2.75) is 70.1 Å². The molecule has 0 amide bonds. The van der Waals surface area contributed by atoms with E-state index in [0.717, 1.165) is 57.8 Å². The molecule has 7 heteroatoms. The number of carbonyl (C=O) groups is 1. The van der Waals surface area contributed by atoms with Gasteiger partial charge in [0, 0.05) is 63.4 Å². The fourth-order valence-corrected chi connectivity index (χ4v) is 4.51. The number of anilines is 1. The number of piperazine rings is 1. The second-order valence-corrected chi connectivity index (χ2v) is 9.76. The molecule has 1 aliphatic carbocycles. The first kappa shape index (κ1) is 23.0. The Bertz CT molecular complexity index is 661. The molecule has 2 heterocycles. The quantitative estimate of drug-likeness (QED) is 0.659. The third-order valence-corrected chi connectivity index (χ3v) is 6.14. The van der Waals surface area contributed by atoms with Crippen molar-refractivity contribution in [2.75, 3.05) is 44.6 Å². The van der Waals surface area contributed by atoms with Gasteiger partial charge in [0.2, 0.25) is 0 Å². The Balaban J connectivity index is 1.34. The second kappa shape index (κ2) is 10.1. The number of aromatic nitrogens is 1. The highest BCUT2D eigenvalue weighted by Gasteiger charge is 2.38. The number of esters is 1. The van der Waals surface area contributed by atoms with Crippen molar-refractivity contribution in [3.05, 3.63) is 24.5 Å². The van der Waals surface area contributed by atoms with E-state index < -0.39 is 11.2 Å². The Hall–Kier alpha value is -1.70. The summed E-state index contributed by atoms with van der Waals surface area (Å²) in [5, 5.41) is 14.3. The van der Waals surface area contributed by atoms with Crippen LogP contribution in [0.1, 0.15) is 52.9 Å². The van der Waals surface area contributed by atoms with E-state index in [-0.39, 0.29) is 12.4 Å². The summed E-state index contributed by atoms with van der Waals surface area (Å²) in [6.07, 6.45) is 6.96. The van der Waals surface area contributed by atoms with Crippen LogP contribution < -0.4 is 5.32 Å². The van der Waals surface area contributed by atoms with Gasteiger partial charge in [-0.25, -0.2) is 0 Å². The van der Waals surface area contributed by atoms with E-state index in [9.17, 15) is 9.90 Å². The summed E-state index contributed by atoms with van der Waals surface area (Å²) in [6, 6.07) is 4.50. The number of nitrogens with one attached hydrogen (secondary N) is 1. The van der Waals surface area contributed by atoms with Crippen LogP contribution in [0.25, 0.3) is 0 Å². The lowest BCUT2D eigenvalue weighted by Crippen LogP contribution is -2.53. The van der Waals surface area contributed by atoms with Crippen LogP contribution in [0.5, 0.6) is 0 Å². The van der Waals surface area contributed by atoms with E-state index in [1.54, 1.807) is 12.4 Å². The molecule has 1 aromatic rings. The number of pyridine rings is 1. The van der Waals surface area contributed by atoms with Crippen LogP contribution in [0.4, 0.5) is 5.69 Å². The SMILES string of the molecule is CC(C)(C)OC(=O)CC1(O)CCC(N2CCN(CCNc3ccncc3)CC2)CC1. The van der Waals surface area contributed by atoms with Crippen molar-refractivity contribution in [2.24, 2.45) is 0 Å². The Morgan fingerprint density at radius 3 is 2.43 bits per heavy atom. The maximum atomic E-state index is 12.1. The summed E-state index contributed by atoms with van der Waals surface area (Å²) >= 11 is 0. The van der Waals surface area contributed by atoms with E-state index >= 15 is 0 Å². The van der Waals surface area contributed by atoms with Crippen LogP contribution in [-0.2, 0) is 9.53 Å². The molecule has 1 aliphatic heterocycles. The molecule has 0 atom stereocenters. The molecule has 168 valence electrons. The molecular formula is C23H38N4O3. The highest BCUT2D eigenvalue weighted by Crippen LogP contribution is 2.34. The second-order valence-electron chi connectivity index (χ2n) is 9.76. The summed E-state index contributed by atoms with van der Waals surface area (Å²) in [5.41, 5.74) is -0.290. The van der Waals surface area contributed by atoms with E-state index in [2.05, 4.69) is 20.1 Å². The molecule has 0 spiro atoms. The number of ether oxygens (including phenoxy) is 1. The Kier molecular flexibility index (Phi) is 7.71. The average Bonchev–Trinajstić information content (AvgIpc) is 2.68. The van der Waals surface area contributed by atoms with Crippen molar-refractivity contribution in [3.8, 4) is 0 Å². The first-order valence-corrected chi connectivity index (χ1v) is 11.3. The fraction of sp³-hybridized carbons (Fsp3) is 0.739. The van der Waals surface area contributed by atoms with Gasteiger partial charge in [-0.3, -0.25) is 19.6 Å². The predicted molar refractivity (Wildman–Crippen MR) is 118 cm³/mol. The molecule has 3 rings (SSSR count). The lowest BCUT2D eigenvalue weighted by atomic mass is 9.79.